The van der Waals surface area contributed by atoms with Crippen LogP contribution in [0.25, 0.3) is 6.08 Å². The highest BCUT2D eigenvalue weighted by Crippen LogP contribution is 2.23. The zero-order valence-electron chi connectivity index (χ0n) is 7.07. The van der Waals surface area contributed by atoms with Crippen molar-refractivity contribution in [1.29, 1.82) is 0 Å². The third kappa shape index (κ3) is 2.65. The topological polar surface area (TPSA) is 0 Å². The zero-order chi connectivity index (χ0) is 9.14. The number of allylic oxidation sites excluding steroid dienone is 1. The van der Waals surface area contributed by atoms with Crippen LogP contribution >= 0.6 is 27.5 Å². The molecular weight excluding hydrogens is 235 g/mol. The average molecular weight is 246 g/mol. The molecule has 0 saturated heterocycles. The van der Waals surface area contributed by atoms with E-state index < -0.39 is 0 Å². The second-order valence-corrected chi connectivity index (χ2v) is 4.21. The molecule has 1 aromatic rings. The molecule has 0 saturated carbocycles. The summed E-state index contributed by atoms with van der Waals surface area (Å²) in [5.74, 6) is 0. The van der Waals surface area contributed by atoms with Crippen molar-refractivity contribution in [2.75, 3.05) is 0 Å². The number of hydrogen-bond donors (Lipinski definition) is 0. The molecule has 64 valence electrons. The fourth-order valence-corrected chi connectivity index (χ4v) is 1.66. The lowest BCUT2D eigenvalue weighted by Crippen LogP contribution is -1.76. The van der Waals surface area contributed by atoms with Crippen molar-refractivity contribution in [2.45, 2.75) is 13.8 Å². The van der Waals surface area contributed by atoms with Gasteiger partial charge < -0.3 is 0 Å². The summed E-state index contributed by atoms with van der Waals surface area (Å²) in [6.45, 7) is 4.11. The van der Waals surface area contributed by atoms with Gasteiger partial charge in [0.25, 0.3) is 0 Å². The van der Waals surface area contributed by atoms with Crippen LogP contribution < -0.4 is 0 Å². The minimum absolute atomic E-state index is 0.783. The fourth-order valence-electron chi connectivity index (χ4n) is 0.930. The first-order valence-electron chi connectivity index (χ1n) is 3.69. The van der Waals surface area contributed by atoms with Crippen LogP contribution in [0.1, 0.15) is 19.4 Å². The van der Waals surface area contributed by atoms with Crippen LogP contribution in [-0.2, 0) is 0 Å². The molecule has 0 aliphatic carbocycles. The Labute approximate surface area is 86.4 Å². The maximum Gasteiger partial charge on any atom is 0.0489 e. The van der Waals surface area contributed by atoms with Crippen LogP contribution in [0.5, 0.6) is 0 Å². The van der Waals surface area contributed by atoms with E-state index in [1.807, 2.05) is 18.2 Å². The van der Waals surface area contributed by atoms with E-state index in [1.165, 1.54) is 5.57 Å². The largest absolute Gasteiger partial charge is 0.0836 e. The standard InChI is InChI=1S/C10H10BrCl/c1-7(2)5-8-3-4-9(11)6-10(8)12/h3-6H,1-2H3. The molecule has 0 unspecified atom stereocenters. The van der Waals surface area contributed by atoms with Crippen molar-refractivity contribution in [3.05, 3.63) is 38.8 Å². The van der Waals surface area contributed by atoms with E-state index in [0.717, 1.165) is 15.1 Å². The molecule has 1 rings (SSSR count). The Balaban J connectivity index is 3.10. The predicted octanol–water partition coefficient (Wildman–Crippen LogP) is 4.53. The van der Waals surface area contributed by atoms with Crippen LogP contribution in [0, 0.1) is 0 Å². The second kappa shape index (κ2) is 4.11. The molecule has 12 heavy (non-hydrogen) atoms. The number of hydrogen-bond acceptors (Lipinski definition) is 0. The highest BCUT2D eigenvalue weighted by Gasteiger charge is 1.96. The van der Waals surface area contributed by atoms with Gasteiger partial charge in [-0.3, -0.25) is 0 Å². The van der Waals surface area contributed by atoms with Crippen molar-refractivity contribution < 1.29 is 0 Å². The van der Waals surface area contributed by atoms with Gasteiger partial charge in [0.1, 0.15) is 0 Å². The minimum atomic E-state index is 0.783. The van der Waals surface area contributed by atoms with Gasteiger partial charge in [0.2, 0.25) is 0 Å². The third-order valence-electron chi connectivity index (χ3n) is 1.41. The van der Waals surface area contributed by atoms with Gasteiger partial charge in [-0.25, -0.2) is 0 Å². The van der Waals surface area contributed by atoms with Crippen molar-refractivity contribution in [3.8, 4) is 0 Å². The van der Waals surface area contributed by atoms with Crippen LogP contribution in [0.2, 0.25) is 5.02 Å². The second-order valence-electron chi connectivity index (χ2n) is 2.89. The molecule has 0 fully saturated rings. The van der Waals surface area contributed by atoms with Gasteiger partial charge in [0.05, 0.1) is 0 Å². The van der Waals surface area contributed by atoms with Crippen LogP contribution in [-0.4, -0.2) is 0 Å². The Morgan fingerprint density at radius 2 is 2.08 bits per heavy atom. The molecular formula is C10H10BrCl. The van der Waals surface area contributed by atoms with Crippen molar-refractivity contribution in [2.24, 2.45) is 0 Å². The van der Waals surface area contributed by atoms with E-state index in [2.05, 4.69) is 35.9 Å². The highest BCUT2D eigenvalue weighted by atomic mass is 79.9. The maximum absolute atomic E-state index is 6.00. The summed E-state index contributed by atoms with van der Waals surface area (Å²) in [5, 5.41) is 0.783. The minimum Gasteiger partial charge on any atom is -0.0836 e. The van der Waals surface area contributed by atoms with Crippen molar-refractivity contribution in [1.82, 2.24) is 0 Å². The highest BCUT2D eigenvalue weighted by molar-refractivity contribution is 9.10. The normalized spacial score (nSPS) is 9.67. The Morgan fingerprint density at radius 1 is 1.42 bits per heavy atom. The molecule has 0 bridgehead atoms. The lowest BCUT2D eigenvalue weighted by molar-refractivity contribution is 1.42. The summed E-state index contributed by atoms with van der Waals surface area (Å²) in [7, 11) is 0. The lowest BCUT2D eigenvalue weighted by Gasteiger charge is -1.99. The Hall–Kier alpha value is -0.270. The SMILES string of the molecule is CC(C)=Cc1ccc(Br)cc1Cl. The summed E-state index contributed by atoms with van der Waals surface area (Å²) in [4.78, 5) is 0. The predicted molar refractivity (Wildman–Crippen MR) is 58.5 cm³/mol. The number of benzene rings is 1. The van der Waals surface area contributed by atoms with E-state index in [9.17, 15) is 0 Å². The first-order chi connectivity index (χ1) is 5.59. The molecule has 0 radical (unpaired) electrons. The van der Waals surface area contributed by atoms with E-state index in [-0.39, 0.29) is 0 Å². The first kappa shape index (κ1) is 9.82. The van der Waals surface area contributed by atoms with Gasteiger partial charge in [0.15, 0.2) is 0 Å². The first-order valence-corrected chi connectivity index (χ1v) is 4.86. The van der Waals surface area contributed by atoms with Gasteiger partial charge in [-0.15, -0.1) is 0 Å². The molecule has 2 heteroatoms. The van der Waals surface area contributed by atoms with E-state index >= 15 is 0 Å². The zero-order valence-corrected chi connectivity index (χ0v) is 9.41. The molecule has 0 aromatic heterocycles. The third-order valence-corrected chi connectivity index (χ3v) is 2.23. The quantitative estimate of drug-likeness (QED) is 0.682. The van der Waals surface area contributed by atoms with E-state index in [1.54, 1.807) is 0 Å². The van der Waals surface area contributed by atoms with Gasteiger partial charge in [0, 0.05) is 9.50 Å². The molecule has 0 spiro atoms. The number of halogens is 2. The molecule has 0 aliphatic heterocycles. The van der Waals surface area contributed by atoms with Crippen molar-refractivity contribution in [3.63, 3.8) is 0 Å². The summed E-state index contributed by atoms with van der Waals surface area (Å²) in [5.41, 5.74) is 2.32. The molecule has 0 atom stereocenters. The summed E-state index contributed by atoms with van der Waals surface area (Å²) in [6.07, 6.45) is 2.06. The van der Waals surface area contributed by atoms with Gasteiger partial charge in [-0.2, -0.15) is 0 Å². The Morgan fingerprint density at radius 3 is 2.58 bits per heavy atom. The van der Waals surface area contributed by atoms with Crippen LogP contribution in [0.15, 0.2) is 28.2 Å². The summed E-state index contributed by atoms with van der Waals surface area (Å²) < 4.78 is 1.01. The smallest absolute Gasteiger partial charge is 0.0489 e. The lowest BCUT2D eigenvalue weighted by atomic mass is 10.1. The monoisotopic (exact) mass is 244 g/mol. The van der Waals surface area contributed by atoms with E-state index in [4.69, 9.17) is 11.6 Å². The van der Waals surface area contributed by atoms with Crippen LogP contribution in [0.3, 0.4) is 0 Å². The average Bonchev–Trinajstić information content (AvgIpc) is 1.94. The maximum atomic E-state index is 6.00. The molecule has 0 heterocycles. The Kier molecular flexibility index (Phi) is 3.36. The number of rotatable bonds is 1. The van der Waals surface area contributed by atoms with E-state index in [0.29, 0.717) is 0 Å². The van der Waals surface area contributed by atoms with Crippen LogP contribution in [0.4, 0.5) is 0 Å². The van der Waals surface area contributed by atoms with Crippen molar-refractivity contribution >= 4 is 33.6 Å². The molecule has 1 aromatic carbocycles. The van der Waals surface area contributed by atoms with Gasteiger partial charge in [-0.1, -0.05) is 45.2 Å². The fraction of sp³-hybridized carbons (Fsp3) is 0.200. The molecule has 0 amide bonds. The van der Waals surface area contributed by atoms with Gasteiger partial charge >= 0.3 is 0 Å². The summed E-state index contributed by atoms with van der Waals surface area (Å²) >= 11 is 9.36. The Bertz CT molecular complexity index is 312. The van der Waals surface area contributed by atoms with Gasteiger partial charge in [-0.05, 0) is 31.5 Å². The molecule has 0 nitrogen and oxygen atoms in total. The summed E-state index contributed by atoms with van der Waals surface area (Å²) in [6, 6.07) is 5.89. The molecule has 0 N–H and O–H groups in total. The molecule has 0 aliphatic rings.